The minimum atomic E-state index is -0.315. The summed E-state index contributed by atoms with van der Waals surface area (Å²) >= 11 is 0. The third-order valence-electron chi connectivity index (χ3n) is 22.6. The van der Waals surface area contributed by atoms with E-state index in [1.165, 1.54) is 48.9 Å². The zero-order valence-electron chi connectivity index (χ0n) is 69.4. The van der Waals surface area contributed by atoms with Crippen molar-refractivity contribution in [2.45, 2.75) is 44.9 Å². The van der Waals surface area contributed by atoms with Crippen molar-refractivity contribution >= 4 is 137 Å². The molecule has 0 radical (unpaired) electrons. The second kappa shape index (κ2) is 38.3. The third kappa shape index (κ3) is 20.3. The van der Waals surface area contributed by atoms with Crippen molar-refractivity contribution in [3.8, 4) is 34.9 Å². The molecule has 0 saturated carbocycles. The first-order valence-corrected chi connectivity index (χ1v) is 41.9. The van der Waals surface area contributed by atoms with E-state index >= 15 is 8.78 Å². The topological polar surface area (TPSA) is 305 Å². The molecule has 0 unspecified atom stereocenters. The molecule has 18 rings (SSSR count). The van der Waals surface area contributed by atoms with Crippen LogP contribution in [0, 0.1) is 11.6 Å². The SMILES string of the molecule is C=CC(=O)Nc1cccc(Oc2nc(Nc3ccc(N4CCN(C)CC4)c(F)c3)nc3[nH]cc(N4CCC4)c23)c1.C=CC(=O)Nc1cccc(Oc2nc(Nc3ccc(N4CCN(C)CC4)c(F)c3)nc3[nH]cc(N4CCCCC4)c23)c1.C=CC(=O)Nc1cccc(Oc2nc(Nc3ccc(N4CCN(C)CC4)cc3)nc3[nH]cc(N4CCCCC4)c23)c1. The van der Waals surface area contributed by atoms with E-state index in [2.05, 4.69) is 166 Å². The summed E-state index contributed by atoms with van der Waals surface area (Å²) in [6, 6.07) is 39.9. The Morgan fingerprint density at radius 2 is 0.650 bits per heavy atom. The number of likely N-dealkylation sites (N-methyl/N-ethyl adjacent to an activating group) is 3. The van der Waals surface area contributed by atoms with Gasteiger partial charge in [-0.3, -0.25) is 14.4 Å². The van der Waals surface area contributed by atoms with Crippen LogP contribution in [0.25, 0.3) is 33.1 Å². The molecule has 0 bridgehead atoms. The lowest BCUT2D eigenvalue weighted by Crippen LogP contribution is -2.44. The van der Waals surface area contributed by atoms with Crippen LogP contribution in [0.15, 0.2) is 190 Å². The van der Waals surface area contributed by atoms with Gasteiger partial charge in [-0.25, -0.2) is 8.78 Å². The normalized spacial score (nSPS) is 15.8. The Balaban J connectivity index is 0.000000137. The molecular formula is C91H102F2N24O6. The van der Waals surface area contributed by atoms with E-state index in [9.17, 15) is 14.4 Å². The lowest BCUT2D eigenvalue weighted by Gasteiger charge is -2.34. The highest BCUT2D eigenvalue weighted by Gasteiger charge is 2.29. The zero-order chi connectivity index (χ0) is 84.9. The molecule has 3 amide bonds. The fourth-order valence-electron chi connectivity index (χ4n) is 15.7. The molecule has 0 spiro atoms. The molecule has 6 aliphatic heterocycles. The van der Waals surface area contributed by atoms with E-state index in [0.717, 1.165) is 189 Å². The number of anilines is 15. The maximum atomic E-state index is 15.2. The van der Waals surface area contributed by atoms with Gasteiger partial charge in [0.25, 0.3) is 0 Å². The number of nitrogens with one attached hydrogen (secondary N) is 9. The third-order valence-corrected chi connectivity index (χ3v) is 22.6. The molecule has 30 nitrogen and oxygen atoms in total. The van der Waals surface area contributed by atoms with Crippen LogP contribution >= 0.6 is 0 Å². The van der Waals surface area contributed by atoms with Gasteiger partial charge in [0, 0.05) is 194 Å². The molecule has 9 N–H and O–H groups in total. The lowest BCUT2D eigenvalue weighted by atomic mass is 10.1. The van der Waals surface area contributed by atoms with Crippen molar-refractivity contribution in [3.63, 3.8) is 0 Å². The fourth-order valence-corrected chi connectivity index (χ4v) is 15.7. The summed E-state index contributed by atoms with van der Waals surface area (Å²) in [5.41, 5.74) is 11.0. The van der Waals surface area contributed by atoms with Crippen LogP contribution in [-0.2, 0) is 14.4 Å². The number of piperidine rings is 2. The molecule has 0 aliphatic carbocycles. The number of H-pyrrole nitrogens is 3. The van der Waals surface area contributed by atoms with Crippen molar-refractivity contribution in [1.29, 1.82) is 0 Å². The summed E-state index contributed by atoms with van der Waals surface area (Å²) < 4.78 is 49.4. The summed E-state index contributed by atoms with van der Waals surface area (Å²) in [5.74, 6) is 2.15. The average molecular weight is 1670 g/mol. The first-order valence-electron chi connectivity index (χ1n) is 41.9. The second-order valence-electron chi connectivity index (χ2n) is 31.3. The average Bonchev–Trinajstić information content (AvgIpc) is 1.64. The number of aromatic nitrogens is 9. The summed E-state index contributed by atoms with van der Waals surface area (Å²) in [6.07, 6.45) is 17.6. The summed E-state index contributed by atoms with van der Waals surface area (Å²) in [5, 5.41) is 20.3. The van der Waals surface area contributed by atoms with E-state index in [0.29, 0.717) is 97.6 Å². The molecule has 0 atom stereocenters. The van der Waals surface area contributed by atoms with Crippen LogP contribution in [-0.4, -0.2) is 216 Å². The number of halogens is 2. The number of piperazine rings is 3. The van der Waals surface area contributed by atoms with E-state index in [-0.39, 0.29) is 41.3 Å². The van der Waals surface area contributed by atoms with Crippen LogP contribution in [0.4, 0.5) is 94.9 Å². The largest absolute Gasteiger partial charge is 0.438 e. The highest BCUT2D eigenvalue weighted by Crippen LogP contribution is 2.43. The standard InChI is InChI=1S/C31H35FN8O2.C31H36N8O2.C29H31FN8O2/c1-3-27(41)34-21-8-7-9-23(18-21)42-30-28-26(39-12-5-4-6-13-39)20-33-29(28)36-31(37-30)35-22-10-11-25(24(32)19-22)40-16-14-38(2)15-17-40;1-3-27(40)33-23-8-7-9-25(20-23)41-30-28-26(39-14-5-4-6-15-39)21-32-29(28)35-31(36-30)34-22-10-12-24(13-11-22)38-18-16-37(2)17-19-38;1-3-25(39)32-19-6-4-7-21(16-19)40-28-26-24(37-10-5-11-37)18-31-27(26)34-29(35-28)33-20-8-9-23(22(30)17-20)38-14-12-36(2)13-15-38/h3,7-11,18-20H,1,4-6,12-17H2,2H3,(H,34,41)(H2,33,35,36,37);3,7-13,20-21H,1,4-6,14-19H2,2H3,(H,33,40)(H2,32,34,35,36);3-4,6-9,16-18H,1,5,10-15H2,2H3,(H,32,39)(H2,31,33,34,35). The number of hydrogen-bond acceptors (Lipinski definition) is 24. The van der Waals surface area contributed by atoms with Crippen molar-refractivity contribution in [2.24, 2.45) is 0 Å². The van der Waals surface area contributed by atoms with E-state index in [1.807, 2.05) is 42.9 Å². The van der Waals surface area contributed by atoms with Crippen LogP contribution in [0.3, 0.4) is 0 Å². The zero-order valence-corrected chi connectivity index (χ0v) is 69.4. The lowest BCUT2D eigenvalue weighted by molar-refractivity contribution is -0.112. The van der Waals surface area contributed by atoms with Crippen molar-refractivity contribution in [1.82, 2.24) is 59.6 Å². The second-order valence-corrected chi connectivity index (χ2v) is 31.3. The van der Waals surface area contributed by atoms with Gasteiger partial charge in [-0.05, 0) is 181 Å². The van der Waals surface area contributed by atoms with Gasteiger partial charge in [0.2, 0.25) is 53.2 Å². The van der Waals surface area contributed by atoms with Gasteiger partial charge >= 0.3 is 0 Å². The van der Waals surface area contributed by atoms with E-state index in [1.54, 1.807) is 72.8 Å². The van der Waals surface area contributed by atoms with Gasteiger partial charge in [0.15, 0.2) is 0 Å². The molecule has 6 saturated heterocycles. The Labute approximate surface area is 712 Å². The Hall–Kier alpha value is -13.9. The van der Waals surface area contributed by atoms with Gasteiger partial charge in [0.05, 0.1) is 28.4 Å². The number of amides is 3. The van der Waals surface area contributed by atoms with E-state index < -0.39 is 0 Å². The number of aromatic amines is 3. The predicted molar refractivity (Wildman–Crippen MR) is 485 cm³/mol. The highest BCUT2D eigenvalue weighted by molar-refractivity contribution is 6.02. The quantitative estimate of drug-likeness (QED) is 0.0254. The Morgan fingerprint density at radius 1 is 0.341 bits per heavy atom. The van der Waals surface area contributed by atoms with Crippen LogP contribution in [0.2, 0.25) is 0 Å². The van der Waals surface area contributed by atoms with Gasteiger partial charge in [0.1, 0.15) is 62.0 Å². The minimum Gasteiger partial charge on any atom is -0.438 e. The smallest absolute Gasteiger partial charge is 0.247 e. The molecule has 6 aliphatic rings. The first kappa shape index (κ1) is 82.8. The number of carbonyl (C=O) groups is 3. The molecule has 636 valence electrons. The number of ether oxygens (including phenoxy) is 3. The first-order chi connectivity index (χ1) is 60.0. The van der Waals surface area contributed by atoms with Crippen LogP contribution in [0.5, 0.6) is 34.9 Å². The molecule has 12 aromatic rings. The van der Waals surface area contributed by atoms with E-state index in [4.69, 9.17) is 34.1 Å². The maximum Gasteiger partial charge on any atom is 0.247 e. The highest BCUT2D eigenvalue weighted by atomic mass is 19.1. The molecular weight excluding hydrogens is 1560 g/mol. The van der Waals surface area contributed by atoms with Gasteiger partial charge in [-0.2, -0.15) is 29.9 Å². The predicted octanol–water partition coefficient (Wildman–Crippen LogP) is 15.6. The van der Waals surface area contributed by atoms with Crippen molar-refractivity contribution in [2.75, 3.05) is 200 Å². The molecule has 12 heterocycles. The Bertz CT molecular complexity index is 5780. The summed E-state index contributed by atoms with van der Waals surface area (Å²) in [4.78, 5) is 94.1. The number of hydrogen-bond donors (Lipinski definition) is 9. The number of rotatable bonds is 24. The molecule has 6 aromatic heterocycles. The van der Waals surface area contributed by atoms with Gasteiger partial charge in [-0.15, -0.1) is 0 Å². The number of benzene rings is 6. The summed E-state index contributed by atoms with van der Waals surface area (Å²) in [7, 11) is 6.31. The monoisotopic (exact) mass is 1660 g/mol. The van der Waals surface area contributed by atoms with Gasteiger partial charge in [-0.1, -0.05) is 37.9 Å². The Morgan fingerprint density at radius 3 is 0.967 bits per heavy atom. The number of fused-ring (bicyclic) bond motifs is 3. The summed E-state index contributed by atoms with van der Waals surface area (Å²) in [6.45, 7) is 27.1. The molecule has 6 aromatic carbocycles. The fraction of sp³-hybridized carbons (Fsp3) is 0.308. The molecule has 6 fully saturated rings. The number of nitrogens with zero attached hydrogens (tertiary/aromatic N) is 15. The van der Waals surface area contributed by atoms with Crippen molar-refractivity contribution in [3.05, 3.63) is 202 Å². The maximum absolute atomic E-state index is 15.2. The molecule has 123 heavy (non-hydrogen) atoms. The van der Waals surface area contributed by atoms with Crippen molar-refractivity contribution < 1.29 is 37.4 Å². The van der Waals surface area contributed by atoms with Gasteiger partial charge < -0.3 is 105 Å². The van der Waals surface area contributed by atoms with Crippen LogP contribution < -0.4 is 75.5 Å². The molecule has 32 heteroatoms. The van der Waals surface area contributed by atoms with Crippen LogP contribution in [0.1, 0.15) is 44.9 Å². The minimum absolute atomic E-state index is 0.266. The Kier molecular flexibility index (Phi) is 25.8. The number of carbonyl (C=O) groups excluding carboxylic acids is 3.